The van der Waals surface area contributed by atoms with Gasteiger partial charge in [0.2, 0.25) is 5.91 Å². The molecule has 3 heterocycles. The summed E-state index contributed by atoms with van der Waals surface area (Å²) < 4.78 is 1.75. The highest BCUT2D eigenvalue weighted by atomic mass is 16.2. The molecule has 3 N–H and O–H groups in total. The third-order valence-corrected chi connectivity index (χ3v) is 6.06. The van der Waals surface area contributed by atoms with Crippen molar-refractivity contribution in [2.24, 2.45) is 0 Å². The van der Waals surface area contributed by atoms with Gasteiger partial charge in [0.05, 0.1) is 22.8 Å². The number of carbonyl (C=O) groups excluding carboxylic acids is 3. The number of amides is 4. The number of nitrogens with zero attached hydrogens (tertiary/aromatic N) is 3. The number of imide groups is 1. The summed E-state index contributed by atoms with van der Waals surface area (Å²) in [6.45, 7) is 3.28. The maximum Gasteiger partial charge on any atom is 0.325 e. The van der Waals surface area contributed by atoms with Crippen LogP contribution in [0.1, 0.15) is 17.0 Å². The fourth-order valence-corrected chi connectivity index (χ4v) is 4.35. The zero-order chi connectivity index (χ0) is 23.8. The number of hydrogen-bond donors (Lipinski definition) is 3. The lowest BCUT2D eigenvalue weighted by molar-refractivity contribution is -0.130. The molecule has 2 aromatic heterocycles. The van der Waals surface area contributed by atoms with Gasteiger partial charge >= 0.3 is 6.03 Å². The molecular weight excluding hydrogens is 432 g/mol. The van der Waals surface area contributed by atoms with Gasteiger partial charge in [0.1, 0.15) is 12.6 Å². The first kappa shape index (κ1) is 21.4. The van der Waals surface area contributed by atoms with E-state index >= 15 is 0 Å². The molecule has 1 aliphatic rings. The summed E-state index contributed by atoms with van der Waals surface area (Å²) in [7, 11) is 0. The maximum absolute atomic E-state index is 12.9. The van der Waals surface area contributed by atoms with Gasteiger partial charge in [0.25, 0.3) is 5.91 Å². The summed E-state index contributed by atoms with van der Waals surface area (Å²) in [5, 5.41) is 11.0. The van der Waals surface area contributed by atoms with Crippen molar-refractivity contribution in [1.29, 1.82) is 0 Å². The number of hydrogen-bond acceptors (Lipinski definition) is 4. The van der Waals surface area contributed by atoms with Crippen LogP contribution in [0.25, 0.3) is 16.6 Å². The number of anilines is 1. The van der Waals surface area contributed by atoms with Gasteiger partial charge in [-0.3, -0.25) is 14.5 Å². The Labute approximate surface area is 195 Å². The Kier molecular flexibility index (Phi) is 5.37. The van der Waals surface area contributed by atoms with Crippen LogP contribution in [0.4, 0.5) is 10.5 Å². The number of urea groups is 1. The quantitative estimate of drug-likeness (QED) is 0.387. The predicted octanol–water partition coefficient (Wildman–Crippen LogP) is 3.07. The first-order valence-electron chi connectivity index (χ1n) is 11.0. The molecule has 0 saturated carbocycles. The molecule has 4 aromatic rings. The maximum atomic E-state index is 12.9. The Balaban J connectivity index is 1.28. The molecule has 1 fully saturated rings. The number of fused-ring (bicyclic) bond motifs is 1. The van der Waals surface area contributed by atoms with Crippen molar-refractivity contribution < 1.29 is 14.4 Å². The number of carbonyl (C=O) groups is 3. The van der Waals surface area contributed by atoms with Crippen LogP contribution in [0.2, 0.25) is 0 Å². The van der Waals surface area contributed by atoms with E-state index in [9.17, 15) is 14.4 Å². The van der Waals surface area contributed by atoms with Gasteiger partial charge in [-0.25, -0.2) is 9.48 Å². The minimum atomic E-state index is -0.719. The third-order valence-electron chi connectivity index (χ3n) is 6.06. The number of rotatable bonds is 6. The molecule has 34 heavy (non-hydrogen) atoms. The van der Waals surface area contributed by atoms with Gasteiger partial charge in [-0.05, 0) is 37.6 Å². The molecule has 0 radical (unpaired) electrons. The summed E-state index contributed by atoms with van der Waals surface area (Å²) in [5.74, 6) is -0.881. The van der Waals surface area contributed by atoms with Crippen LogP contribution in [-0.4, -0.2) is 50.1 Å². The van der Waals surface area contributed by atoms with Crippen LogP contribution in [0.15, 0.2) is 60.8 Å². The van der Waals surface area contributed by atoms with E-state index in [1.807, 2.05) is 67.7 Å². The fourth-order valence-electron chi connectivity index (χ4n) is 4.35. The van der Waals surface area contributed by atoms with Gasteiger partial charge in [-0.2, -0.15) is 5.10 Å². The summed E-state index contributed by atoms with van der Waals surface area (Å²) in [6.07, 6.45) is 2.18. The predicted molar refractivity (Wildman–Crippen MR) is 128 cm³/mol. The molecule has 0 unspecified atom stereocenters. The summed E-state index contributed by atoms with van der Waals surface area (Å²) in [6, 6.07) is 16.1. The lowest BCUT2D eigenvalue weighted by Gasteiger charge is -2.13. The second kappa shape index (κ2) is 8.51. The smallest absolute Gasteiger partial charge is 0.325 e. The second-order valence-corrected chi connectivity index (χ2v) is 8.33. The molecule has 9 nitrogen and oxygen atoms in total. The highest BCUT2D eigenvalue weighted by molar-refractivity contribution is 6.08. The summed E-state index contributed by atoms with van der Waals surface area (Å²) in [5.41, 5.74) is 4.73. The van der Waals surface area contributed by atoms with Crippen molar-refractivity contribution in [2.75, 3.05) is 11.9 Å². The van der Waals surface area contributed by atoms with E-state index in [1.165, 1.54) is 0 Å². The SMILES string of the molecule is Cc1nn(-c2ccccc2)c(C)c1NC(=O)CN1C(=O)N[C@H](Cc2c[nH]c3ccccc23)C1=O. The normalized spacial score (nSPS) is 15.7. The lowest BCUT2D eigenvalue weighted by atomic mass is 10.1. The molecule has 0 spiro atoms. The number of benzene rings is 2. The van der Waals surface area contributed by atoms with Gasteiger partial charge in [-0.1, -0.05) is 36.4 Å². The Hall–Kier alpha value is -4.40. The third kappa shape index (κ3) is 3.81. The van der Waals surface area contributed by atoms with Crippen LogP contribution in [0.3, 0.4) is 0 Å². The van der Waals surface area contributed by atoms with Crippen molar-refractivity contribution in [3.05, 3.63) is 77.7 Å². The average molecular weight is 457 g/mol. The van der Waals surface area contributed by atoms with Crippen LogP contribution >= 0.6 is 0 Å². The molecular formula is C25H24N6O3. The number of aromatic amines is 1. The lowest BCUT2D eigenvalue weighted by Crippen LogP contribution is -2.38. The molecule has 1 aliphatic heterocycles. The largest absolute Gasteiger partial charge is 0.361 e. The summed E-state index contributed by atoms with van der Waals surface area (Å²) in [4.78, 5) is 42.3. The Morgan fingerprint density at radius 1 is 1.06 bits per heavy atom. The molecule has 172 valence electrons. The zero-order valence-corrected chi connectivity index (χ0v) is 18.8. The van der Waals surface area contributed by atoms with Gasteiger partial charge in [0, 0.05) is 23.5 Å². The monoisotopic (exact) mass is 456 g/mol. The van der Waals surface area contributed by atoms with Crippen LogP contribution in [0, 0.1) is 13.8 Å². The number of aryl methyl sites for hydroxylation is 1. The number of aromatic nitrogens is 3. The molecule has 0 bridgehead atoms. The average Bonchev–Trinajstić information content (AvgIpc) is 3.46. The van der Waals surface area contributed by atoms with Gasteiger partial charge < -0.3 is 15.6 Å². The number of H-pyrrole nitrogens is 1. The van der Waals surface area contributed by atoms with Crippen molar-refractivity contribution in [3.8, 4) is 5.69 Å². The molecule has 4 amide bonds. The molecule has 0 aliphatic carbocycles. The van der Waals surface area contributed by atoms with Crippen molar-refractivity contribution >= 4 is 34.4 Å². The fraction of sp³-hybridized carbons (Fsp3) is 0.200. The minimum Gasteiger partial charge on any atom is -0.361 e. The Morgan fingerprint density at radius 3 is 2.59 bits per heavy atom. The van der Waals surface area contributed by atoms with Gasteiger partial charge in [-0.15, -0.1) is 0 Å². The minimum absolute atomic E-state index is 0.342. The standard InChI is InChI=1S/C25H24N6O3/c1-15-23(16(2)31(29-15)18-8-4-3-5-9-18)28-22(32)14-30-24(33)21(27-25(30)34)12-17-13-26-20-11-7-6-10-19(17)20/h3-11,13,21,26H,12,14H2,1-2H3,(H,27,34)(H,28,32)/t21-/m1/s1. The Bertz CT molecular complexity index is 1400. The van der Waals surface area contributed by atoms with Gasteiger partial charge in [0.15, 0.2) is 0 Å². The van der Waals surface area contributed by atoms with Crippen molar-refractivity contribution in [2.45, 2.75) is 26.3 Å². The van der Waals surface area contributed by atoms with Crippen LogP contribution in [-0.2, 0) is 16.0 Å². The number of nitrogens with one attached hydrogen (secondary N) is 3. The Morgan fingerprint density at radius 2 is 1.79 bits per heavy atom. The van der Waals surface area contributed by atoms with E-state index in [4.69, 9.17) is 0 Å². The molecule has 9 heteroatoms. The van der Waals surface area contributed by atoms with E-state index in [2.05, 4.69) is 20.7 Å². The van der Waals surface area contributed by atoms with E-state index in [0.717, 1.165) is 32.7 Å². The van der Waals surface area contributed by atoms with E-state index in [1.54, 1.807) is 11.6 Å². The van der Waals surface area contributed by atoms with Crippen molar-refractivity contribution in [3.63, 3.8) is 0 Å². The highest BCUT2D eigenvalue weighted by Gasteiger charge is 2.39. The van der Waals surface area contributed by atoms with Crippen molar-refractivity contribution in [1.82, 2.24) is 25.0 Å². The number of para-hydroxylation sites is 2. The summed E-state index contributed by atoms with van der Waals surface area (Å²) >= 11 is 0. The van der Waals surface area contributed by atoms with E-state index in [0.29, 0.717) is 17.8 Å². The first-order chi connectivity index (χ1) is 16.4. The van der Waals surface area contributed by atoms with Crippen LogP contribution < -0.4 is 10.6 Å². The van der Waals surface area contributed by atoms with E-state index in [-0.39, 0.29) is 6.54 Å². The topological polar surface area (TPSA) is 112 Å². The van der Waals surface area contributed by atoms with Crippen LogP contribution in [0.5, 0.6) is 0 Å². The first-order valence-corrected chi connectivity index (χ1v) is 11.0. The molecule has 2 aromatic carbocycles. The highest BCUT2D eigenvalue weighted by Crippen LogP contribution is 2.24. The molecule has 1 atom stereocenters. The molecule has 1 saturated heterocycles. The molecule has 5 rings (SSSR count). The van der Waals surface area contributed by atoms with E-state index < -0.39 is 23.9 Å². The zero-order valence-electron chi connectivity index (χ0n) is 18.8. The second-order valence-electron chi connectivity index (χ2n) is 8.33.